The fraction of sp³-hybridized carbons (Fsp3) is 0.735. The number of oxime groups is 2. The van der Waals surface area contributed by atoms with Gasteiger partial charge in [-0.15, -0.1) is 0 Å². The second-order valence-electron chi connectivity index (χ2n) is 13.5. The zero-order chi connectivity index (χ0) is 49.5. The summed E-state index contributed by atoms with van der Waals surface area (Å²) in [4.78, 5) is 96.1. The van der Waals surface area contributed by atoms with Gasteiger partial charge in [-0.1, -0.05) is 10.3 Å². The number of carbonyl (C=O) groups excluding carboxylic acids is 4. The van der Waals surface area contributed by atoms with Crippen LogP contribution in [0, 0.1) is 0 Å². The number of amides is 2. The second-order valence-corrected chi connectivity index (χ2v) is 13.5. The number of nitrogens with one attached hydrogen (secondary N) is 2. The predicted octanol–water partition coefficient (Wildman–Crippen LogP) is -10.7. The summed E-state index contributed by atoms with van der Waals surface area (Å²) in [5.41, 5.74) is 0. The van der Waals surface area contributed by atoms with Gasteiger partial charge in [-0.3, -0.25) is 38.7 Å². The van der Waals surface area contributed by atoms with E-state index >= 15 is 0 Å². The van der Waals surface area contributed by atoms with E-state index in [1.807, 2.05) is 0 Å². The number of rotatable bonds is 38. The number of aliphatic hydroxyl groups excluding tert-OH is 10. The Morgan fingerprint density at radius 2 is 0.815 bits per heavy atom. The van der Waals surface area contributed by atoms with Crippen LogP contribution in [0.4, 0.5) is 0 Å². The van der Waals surface area contributed by atoms with Gasteiger partial charge >= 0.3 is 29.8 Å². The smallest absolute Gasteiger partial charge is 0.347 e. The fourth-order valence-corrected chi connectivity index (χ4v) is 4.79. The van der Waals surface area contributed by atoms with Crippen LogP contribution in [0.3, 0.4) is 0 Å². The maximum absolute atomic E-state index is 12.5. The normalized spacial score (nSPS) is 15.5. The SMILES string of the molecule is O=C(O)CN(CCN(CC(=O)O)CC(=O)NCCOC(=O)CO/N=C\[C@@H](O)[C@H](O)[C@@H](O)[C@@H](O)CO)CCN(CC(=O)O)CC(=O)NCCOC(=O)CO/N=C/[C@@H](O)[C@H](O)[C@@H](O)[C@@H](O)CO. The van der Waals surface area contributed by atoms with Crippen molar-refractivity contribution in [2.24, 2.45) is 10.3 Å². The Morgan fingerprint density at radius 1 is 0.492 bits per heavy atom. The largest absolute Gasteiger partial charge is 0.480 e. The summed E-state index contributed by atoms with van der Waals surface area (Å²) in [5.74, 6) is -7.36. The van der Waals surface area contributed by atoms with Crippen molar-refractivity contribution in [1.82, 2.24) is 25.3 Å². The number of ether oxygens (including phenoxy) is 2. The highest BCUT2D eigenvalue weighted by molar-refractivity contribution is 5.80. The average Bonchev–Trinajstić information content (AvgIpc) is 3.25. The van der Waals surface area contributed by atoms with E-state index in [1.165, 1.54) is 4.90 Å². The highest BCUT2D eigenvalue weighted by atomic mass is 16.7. The monoisotopic (exact) mass is 949 g/mol. The van der Waals surface area contributed by atoms with Crippen LogP contribution in [0.15, 0.2) is 10.3 Å². The summed E-state index contributed by atoms with van der Waals surface area (Å²) < 4.78 is 9.66. The molecule has 8 atom stereocenters. The molecule has 0 saturated heterocycles. The van der Waals surface area contributed by atoms with Crippen LogP contribution in [0.5, 0.6) is 0 Å². The minimum atomic E-state index is -1.95. The van der Waals surface area contributed by atoms with Gasteiger partial charge in [0.15, 0.2) is 0 Å². The molecular formula is C34H59N7O24. The van der Waals surface area contributed by atoms with Gasteiger partial charge < -0.3 is 96.2 Å². The molecule has 0 aliphatic heterocycles. The molecule has 0 saturated carbocycles. The standard InChI is InChI=1S/C34H59N7O24/c42-16-22(46)33(60)31(58)20(44)9-37-64-18-29(56)62-7-1-35-24(48)11-40(14-27(52)53)5-3-39(13-26(50)51)4-6-41(15-28(54)55)12-25(49)36-2-8-63-30(57)19-65-38-10-21(45)32(59)34(61)23(47)17-43/h9-10,20-23,31-34,42-47,58-61H,1-8,11-19H2,(H,35,48)(H,36,49)(H,50,51)(H,52,53)(H,54,55)/b37-9-,38-10+/t20-,21-,22+,23+,31+,32+,33+,34+/m1/s1. The third kappa shape index (κ3) is 29.0. The van der Waals surface area contributed by atoms with Gasteiger partial charge in [0.05, 0.1) is 71.5 Å². The Morgan fingerprint density at radius 3 is 1.14 bits per heavy atom. The van der Waals surface area contributed by atoms with Gasteiger partial charge in [0.2, 0.25) is 25.0 Å². The van der Waals surface area contributed by atoms with Crippen molar-refractivity contribution in [3.05, 3.63) is 0 Å². The number of aliphatic hydroxyl groups is 10. The molecule has 0 fully saturated rings. The molecule has 0 rings (SSSR count). The van der Waals surface area contributed by atoms with Gasteiger partial charge in [-0.05, 0) is 0 Å². The van der Waals surface area contributed by atoms with Gasteiger partial charge in [0, 0.05) is 26.2 Å². The highest BCUT2D eigenvalue weighted by Crippen LogP contribution is 2.05. The van der Waals surface area contributed by atoms with Gasteiger partial charge in [-0.2, -0.15) is 0 Å². The Hall–Kier alpha value is -5.29. The lowest BCUT2D eigenvalue weighted by atomic mass is 10.0. The van der Waals surface area contributed by atoms with Crippen molar-refractivity contribution in [3.8, 4) is 0 Å². The van der Waals surface area contributed by atoms with Crippen molar-refractivity contribution < 1.29 is 119 Å². The third-order valence-corrected chi connectivity index (χ3v) is 8.15. The predicted molar refractivity (Wildman–Crippen MR) is 211 cm³/mol. The van der Waals surface area contributed by atoms with E-state index in [0.717, 1.165) is 9.80 Å². The van der Waals surface area contributed by atoms with Crippen LogP contribution in [0.25, 0.3) is 0 Å². The lowest BCUT2D eigenvalue weighted by Gasteiger charge is -2.28. The van der Waals surface area contributed by atoms with E-state index in [2.05, 4.69) is 30.6 Å². The molecule has 31 nitrogen and oxygen atoms in total. The average molecular weight is 950 g/mol. The molecule has 65 heavy (non-hydrogen) atoms. The Balaban J connectivity index is 4.90. The van der Waals surface area contributed by atoms with Crippen molar-refractivity contribution in [3.63, 3.8) is 0 Å². The fourth-order valence-electron chi connectivity index (χ4n) is 4.79. The number of carboxylic acid groups (broad SMARTS) is 3. The van der Waals surface area contributed by atoms with Crippen LogP contribution in [-0.2, 0) is 52.7 Å². The first-order valence-corrected chi connectivity index (χ1v) is 19.3. The number of carboxylic acids is 3. The number of aliphatic carboxylic acids is 3. The van der Waals surface area contributed by atoms with Crippen LogP contribution in [-0.4, -0.2) is 296 Å². The maximum Gasteiger partial charge on any atom is 0.347 e. The molecule has 0 aliphatic rings. The summed E-state index contributed by atoms with van der Waals surface area (Å²) in [6.45, 7) is -8.15. The summed E-state index contributed by atoms with van der Waals surface area (Å²) in [7, 11) is 0. The van der Waals surface area contributed by atoms with E-state index in [0.29, 0.717) is 12.4 Å². The number of hydrogen-bond donors (Lipinski definition) is 15. The molecule has 31 heteroatoms. The van der Waals surface area contributed by atoms with Crippen molar-refractivity contribution in [1.29, 1.82) is 0 Å². The first-order valence-electron chi connectivity index (χ1n) is 19.3. The minimum Gasteiger partial charge on any atom is -0.480 e. The van der Waals surface area contributed by atoms with Crippen LogP contribution >= 0.6 is 0 Å². The lowest BCUT2D eigenvalue weighted by molar-refractivity contribution is -0.149. The first kappa shape index (κ1) is 59.7. The molecule has 0 aromatic heterocycles. The molecule has 0 spiro atoms. The second kappa shape index (κ2) is 34.1. The molecular weight excluding hydrogens is 890 g/mol. The summed E-state index contributed by atoms with van der Waals surface area (Å²) in [6, 6.07) is 0. The molecule has 374 valence electrons. The zero-order valence-corrected chi connectivity index (χ0v) is 34.8. The van der Waals surface area contributed by atoms with E-state index in [1.54, 1.807) is 0 Å². The van der Waals surface area contributed by atoms with Crippen molar-refractivity contribution >= 4 is 54.1 Å². The zero-order valence-electron chi connectivity index (χ0n) is 34.8. The molecule has 2 amide bonds. The summed E-state index contributed by atoms with van der Waals surface area (Å²) in [5, 5.41) is 133. The number of esters is 2. The first-order chi connectivity index (χ1) is 30.6. The van der Waals surface area contributed by atoms with Gasteiger partial charge in [0.1, 0.15) is 62.0 Å². The molecule has 0 aromatic rings. The maximum atomic E-state index is 12.5. The molecule has 15 N–H and O–H groups in total. The lowest BCUT2D eigenvalue weighted by Crippen LogP contribution is -2.47. The topological polar surface area (TPSA) is 478 Å². The highest BCUT2D eigenvalue weighted by Gasteiger charge is 2.30. The third-order valence-electron chi connectivity index (χ3n) is 8.15. The molecule has 0 heterocycles. The quantitative estimate of drug-likeness (QED) is 0.0118. The van der Waals surface area contributed by atoms with E-state index in [4.69, 9.17) is 19.7 Å². The van der Waals surface area contributed by atoms with E-state index in [9.17, 15) is 89.7 Å². The van der Waals surface area contributed by atoms with Crippen molar-refractivity contribution in [2.45, 2.75) is 48.8 Å². The van der Waals surface area contributed by atoms with Crippen molar-refractivity contribution in [2.75, 3.05) is 112 Å². The number of carbonyl (C=O) groups is 7. The molecule has 0 bridgehead atoms. The summed E-state index contributed by atoms with van der Waals surface area (Å²) >= 11 is 0. The minimum absolute atomic E-state index is 0.137. The number of nitrogens with zero attached hydrogens (tertiary/aromatic N) is 5. The Labute approximate surface area is 369 Å². The van der Waals surface area contributed by atoms with E-state index in [-0.39, 0.29) is 52.5 Å². The van der Waals surface area contributed by atoms with Crippen LogP contribution in [0.1, 0.15) is 0 Å². The van der Waals surface area contributed by atoms with E-state index < -0.39 is 150 Å². The summed E-state index contributed by atoms with van der Waals surface area (Å²) in [6.07, 6.45) is -13.8. The molecule has 0 aliphatic carbocycles. The van der Waals surface area contributed by atoms with Crippen LogP contribution in [0.2, 0.25) is 0 Å². The van der Waals surface area contributed by atoms with Gasteiger partial charge in [0.25, 0.3) is 0 Å². The van der Waals surface area contributed by atoms with Gasteiger partial charge in [-0.25, -0.2) is 9.59 Å². The van der Waals surface area contributed by atoms with Crippen LogP contribution < -0.4 is 10.6 Å². The molecule has 0 aromatic carbocycles. The number of hydrogen-bond acceptors (Lipinski definition) is 26. The molecule has 0 radical (unpaired) electrons. The molecule has 0 unspecified atom stereocenters. The Bertz CT molecular complexity index is 1410. The Kier molecular flexibility index (Phi) is 31.3.